The number of thioether (sulfide) groups is 1. The van der Waals surface area contributed by atoms with E-state index in [-0.39, 0.29) is 24.1 Å². The van der Waals surface area contributed by atoms with E-state index in [1.165, 1.54) is 16.7 Å². The van der Waals surface area contributed by atoms with Crippen LogP contribution in [0.4, 0.5) is 0 Å². The Morgan fingerprint density at radius 2 is 2.38 bits per heavy atom. The molecule has 0 unspecified atom stereocenters. The molecular formula is C7H8NO3S2-. The highest BCUT2D eigenvalue weighted by molar-refractivity contribution is 8.24. The average Bonchev–Trinajstić information content (AvgIpc) is 2.24. The average molecular weight is 218 g/mol. The smallest absolute Gasteiger partial charge is 0.241 e. The molecule has 0 aromatic rings. The fraction of sp³-hybridized carbons (Fsp3) is 0.571. The summed E-state index contributed by atoms with van der Waals surface area (Å²) in [7, 11) is 0. The Labute approximate surface area is 85.3 Å². The van der Waals surface area contributed by atoms with Gasteiger partial charge >= 0.3 is 0 Å². The summed E-state index contributed by atoms with van der Waals surface area (Å²) in [5.41, 5.74) is 0. The van der Waals surface area contributed by atoms with Gasteiger partial charge in [0.05, 0.1) is 5.25 Å². The number of carbonyl (C=O) groups is 2. The number of hydrogen-bond acceptors (Lipinski definition) is 5. The Balaban J connectivity index is 2.54. The Morgan fingerprint density at radius 1 is 1.77 bits per heavy atom. The number of amides is 1. The van der Waals surface area contributed by atoms with Crippen molar-refractivity contribution in [1.82, 2.24) is 4.90 Å². The molecule has 0 bridgehead atoms. The summed E-state index contributed by atoms with van der Waals surface area (Å²) >= 11 is 6.18. The molecule has 6 heteroatoms. The monoisotopic (exact) mass is 218 g/mol. The highest BCUT2D eigenvalue weighted by Crippen LogP contribution is 2.26. The molecule has 1 atom stereocenters. The van der Waals surface area contributed by atoms with Crippen LogP contribution in [0.1, 0.15) is 13.3 Å². The van der Waals surface area contributed by atoms with Crippen molar-refractivity contribution in [3.8, 4) is 0 Å². The van der Waals surface area contributed by atoms with Gasteiger partial charge in [0.2, 0.25) is 5.91 Å². The van der Waals surface area contributed by atoms with Crippen molar-refractivity contribution in [2.24, 2.45) is 0 Å². The topological polar surface area (TPSA) is 60.4 Å². The van der Waals surface area contributed by atoms with E-state index < -0.39 is 5.97 Å². The first kappa shape index (κ1) is 10.5. The van der Waals surface area contributed by atoms with Gasteiger partial charge in [0, 0.05) is 18.9 Å². The standard InChI is InChI=1S/C7H9NO3S2/c1-4-6(11)8(7(12)13-4)3-2-5(9)10/h4H,2-3H2,1H3,(H,9,10)/p-1/t4-/m0/s1. The van der Waals surface area contributed by atoms with E-state index in [0.717, 1.165) is 0 Å². The summed E-state index contributed by atoms with van der Waals surface area (Å²) in [6, 6.07) is 0. The van der Waals surface area contributed by atoms with Gasteiger partial charge < -0.3 is 9.90 Å². The molecule has 4 nitrogen and oxygen atoms in total. The second-order valence-corrected chi connectivity index (χ2v) is 4.61. The molecule has 1 fully saturated rings. The maximum absolute atomic E-state index is 11.3. The van der Waals surface area contributed by atoms with Gasteiger partial charge in [0.15, 0.2) is 0 Å². The fourth-order valence-electron chi connectivity index (χ4n) is 0.979. The first-order valence-electron chi connectivity index (χ1n) is 3.74. The minimum Gasteiger partial charge on any atom is -0.550 e. The van der Waals surface area contributed by atoms with E-state index in [1.807, 2.05) is 0 Å². The summed E-state index contributed by atoms with van der Waals surface area (Å²) in [6.45, 7) is 1.87. The highest BCUT2D eigenvalue weighted by atomic mass is 32.2. The minimum absolute atomic E-state index is 0.115. The van der Waals surface area contributed by atoms with Gasteiger partial charge in [-0.25, -0.2) is 0 Å². The molecule has 1 heterocycles. The van der Waals surface area contributed by atoms with E-state index in [0.29, 0.717) is 4.32 Å². The molecule has 1 rings (SSSR count). The third-order valence-corrected chi connectivity index (χ3v) is 3.14. The van der Waals surface area contributed by atoms with Crippen molar-refractivity contribution in [2.45, 2.75) is 18.6 Å². The highest BCUT2D eigenvalue weighted by Gasteiger charge is 2.32. The van der Waals surface area contributed by atoms with Crippen molar-refractivity contribution < 1.29 is 14.7 Å². The number of hydrogen-bond donors (Lipinski definition) is 0. The second-order valence-electron chi connectivity index (χ2n) is 2.64. The van der Waals surface area contributed by atoms with Crippen LogP contribution >= 0.6 is 24.0 Å². The lowest BCUT2D eigenvalue weighted by molar-refractivity contribution is -0.305. The van der Waals surface area contributed by atoms with Crippen molar-refractivity contribution in [2.75, 3.05) is 6.54 Å². The van der Waals surface area contributed by atoms with Crippen LogP contribution in [0, 0.1) is 0 Å². The van der Waals surface area contributed by atoms with E-state index >= 15 is 0 Å². The third-order valence-electron chi connectivity index (χ3n) is 1.65. The summed E-state index contributed by atoms with van der Waals surface area (Å²) < 4.78 is 0.457. The molecule has 0 saturated carbocycles. The molecule has 13 heavy (non-hydrogen) atoms. The molecule has 1 saturated heterocycles. The molecule has 1 aliphatic heterocycles. The number of carbonyl (C=O) groups excluding carboxylic acids is 2. The van der Waals surface area contributed by atoms with Gasteiger partial charge in [-0.15, -0.1) is 0 Å². The Hall–Kier alpha value is -0.620. The number of thiocarbonyl (C=S) groups is 1. The summed E-state index contributed by atoms with van der Waals surface area (Å²) in [6.07, 6.45) is -0.168. The first-order valence-corrected chi connectivity index (χ1v) is 5.03. The fourth-order valence-corrected chi connectivity index (χ4v) is 2.43. The minimum atomic E-state index is -1.17. The Bertz CT molecular complexity index is 266. The van der Waals surface area contributed by atoms with Crippen LogP contribution in [0.3, 0.4) is 0 Å². The van der Waals surface area contributed by atoms with Gasteiger partial charge in [-0.1, -0.05) is 24.0 Å². The molecule has 0 aromatic carbocycles. The predicted octanol–water partition coefficient (Wildman–Crippen LogP) is -0.625. The molecule has 0 aromatic heterocycles. The van der Waals surface area contributed by atoms with Crippen LogP contribution in [-0.4, -0.2) is 32.9 Å². The molecular weight excluding hydrogens is 210 g/mol. The quantitative estimate of drug-likeness (QED) is 0.591. The molecule has 1 amide bonds. The van der Waals surface area contributed by atoms with Gasteiger partial charge in [-0.05, 0) is 6.92 Å². The zero-order valence-corrected chi connectivity index (χ0v) is 8.61. The van der Waals surface area contributed by atoms with E-state index in [1.54, 1.807) is 6.92 Å². The van der Waals surface area contributed by atoms with Gasteiger partial charge in [0.25, 0.3) is 0 Å². The van der Waals surface area contributed by atoms with Crippen LogP contribution in [-0.2, 0) is 9.59 Å². The zero-order chi connectivity index (χ0) is 10.0. The van der Waals surface area contributed by atoms with Crippen LogP contribution in [0.15, 0.2) is 0 Å². The molecule has 0 aliphatic carbocycles. The molecule has 0 radical (unpaired) electrons. The summed E-state index contributed by atoms with van der Waals surface area (Å²) in [4.78, 5) is 22.8. The van der Waals surface area contributed by atoms with E-state index in [2.05, 4.69) is 0 Å². The first-order chi connectivity index (χ1) is 6.02. The molecule has 0 spiro atoms. The Morgan fingerprint density at radius 3 is 2.77 bits per heavy atom. The second kappa shape index (κ2) is 4.06. The third kappa shape index (κ3) is 2.41. The lowest BCUT2D eigenvalue weighted by atomic mass is 10.3. The number of rotatable bonds is 3. The van der Waals surface area contributed by atoms with Crippen molar-refractivity contribution in [3.63, 3.8) is 0 Å². The molecule has 1 aliphatic rings. The largest absolute Gasteiger partial charge is 0.550 e. The van der Waals surface area contributed by atoms with Crippen molar-refractivity contribution in [1.29, 1.82) is 0 Å². The lowest BCUT2D eigenvalue weighted by Gasteiger charge is -2.14. The van der Waals surface area contributed by atoms with Crippen LogP contribution < -0.4 is 5.11 Å². The Kier molecular flexibility index (Phi) is 3.27. The summed E-state index contributed by atoms with van der Waals surface area (Å²) in [5.74, 6) is -1.28. The zero-order valence-electron chi connectivity index (χ0n) is 6.98. The van der Waals surface area contributed by atoms with Crippen LogP contribution in [0.5, 0.6) is 0 Å². The molecule has 0 N–H and O–H groups in total. The maximum atomic E-state index is 11.3. The van der Waals surface area contributed by atoms with E-state index in [4.69, 9.17) is 12.2 Å². The normalized spacial score (nSPS) is 22.5. The number of carboxylic acids is 1. The number of carboxylic acid groups (broad SMARTS) is 1. The van der Waals surface area contributed by atoms with Crippen molar-refractivity contribution >= 4 is 40.2 Å². The predicted molar refractivity (Wildman–Crippen MR) is 51.0 cm³/mol. The lowest BCUT2D eigenvalue weighted by Crippen LogP contribution is -2.35. The maximum Gasteiger partial charge on any atom is 0.241 e. The SMILES string of the molecule is C[C@@H]1SC(=S)N(CCC(=O)[O-])C1=O. The van der Waals surface area contributed by atoms with Gasteiger partial charge in [-0.3, -0.25) is 9.69 Å². The number of nitrogens with zero attached hydrogens (tertiary/aromatic N) is 1. The number of aliphatic carboxylic acids is 1. The van der Waals surface area contributed by atoms with Gasteiger partial charge in [0.1, 0.15) is 4.32 Å². The van der Waals surface area contributed by atoms with Gasteiger partial charge in [-0.2, -0.15) is 0 Å². The summed E-state index contributed by atoms with van der Waals surface area (Å²) in [5, 5.41) is 9.97. The van der Waals surface area contributed by atoms with Crippen molar-refractivity contribution in [3.05, 3.63) is 0 Å². The van der Waals surface area contributed by atoms with Crippen LogP contribution in [0.2, 0.25) is 0 Å². The molecule has 72 valence electrons. The van der Waals surface area contributed by atoms with E-state index in [9.17, 15) is 14.7 Å². The van der Waals surface area contributed by atoms with Crippen LogP contribution in [0.25, 0.3) is 0 Å².